The summed E-state index contributed by atoms with van der Waals surface area (Å²) >= 11 is 2.27. The summed E-state index contributed by atoms with van der Waals surface area (Å²) in [5.74, 6) is 1.16. The van der Waals surface area contributed by atoms with Gasteiger partial charge < -0.3 is 10.2 Å². The predicted molar refractivity (Wildman–Crippen MR) is 74.6 cm³/mol. The molecule has 1 fully saturated rings. The summed E-state index contributed by atoms with van der Waals surface area (Å²) in [7, 11) is 0. The highest BCUT2D eigenvalue weighted by Crippen LogP contribution is 2.11. The lowest BCUT2D eigenvalue weighted by Crippen LogP contribution is -2.42. The fraction of sp³-hybridized carbons (Fsp3) is 0.727. The van der Waals surface area contributed by atoms with Gasteiger partial charge in [-0.05, 0) is 42.0 Å². The second-order valence-corrected chi connectivity index (χ2v) is 5.26. The zero-order valence-corrected chi connectivity index (χ0v) is 11.7. The van der Waals surface area contributed by atoms with Crippen LogP contribution in [0.4, 0.5) is 0 Å². The molecule has 0 aromatic carbocycles. The number of unbranched alkanes of at least 4 members (excludes halogenated alkanes) is 1. The van der Waals surface area contributed by atoms with Crippen molar-refractivity contribution < 1.29 is 0 Å². The SMILES string of the molecule is CCC/C=C(/N=C(C)I)N1CCNCC1. The van der Waals surface area contributed by atoms with Crippen LogP contribution in [0.1, 0.15) is 26.7 Å². The van der Waals surface area contributed by atoms with Gasteiger partial charge in [0.1, 0.15) is 5.82 Å². The molecule has 0 bridgehead atoms. The summed E-state index contributed by atoms with van der Waals surface area (Å²) in [4.78, 5) is 6.97. The van der Waals surface area contributed by atoms with E-state index in [1.165, 1.54) is 6.42 Å². The van der Waals surface area contributed by atoms with Crippen LogP contribution < -0.4 is 5.32 Å². The summed E-state index contributed by atoms with van der Waals surface area (Å²) in [6.45, 7) is 8.53. The molecule has 0 unspecified atom stereocenters. The van der Waals surface area contributed by atoms with Crippen molar-refractivity contribution in [2.45, 2.75) is 26.7 Å². The van der Waals surface area contributed by atoms with Crippen LogP contribution >= 0.6 is 22.6 Å². The second-order valence-electron chi connectivity index (χ2n) is 3.70. The molecule has 3 nitrogen and oxygen atoms in total. The Hall–Kier alpha value is -0.100. The van der Waals surface area contributed by atoms with Crippen molar-refractivity contribution in [3.63, 3.8) is 0 Å². The minimum absolute atomic E-state index is 1.07. The molecule has 0 radical (unpaired) electrons. The first-order valence-corrected chi connectivity index (χ1v) is 6.68. The topological polar surface area (TPSA) is 27.6 Å². The first kappa shape index (κ1) is 13.0. The third-order valence-electron chi connectivity index (χ3n) is 2.33. The molecule has 1 saturated heterocycles. The normalized spacial score (nSPS) is 19.5. The van der Waals surface area contributed by atoms with E-state index in [9.17, 15) is 0 Å². The number of allylic oxidation sites excluding steroid dienone is 1. The third kappa shape index (κ3) is 4.97. The van der Waals surface area contributed by atoms with Gasteiger partial charge in [-0.1, -0.05) is 13.3 Å². The zero-order chi connectivity index (χ0) is 11.1. The molecule has 1 aliphatic rings. The van der Waals surface area contributed by atoms with E-state index in [4.69, 9.17) is 0 Å². The van der Waals surface area contributed by atoms with Crippen LogP contribution in [0.25, 0.3) is 0 Å². The Balaban J connectivity index is 2.65. The van der Waals surface area contributed by atoms with Gasteiger partial charge in [-0.2, -0.15) is 0 Å². The van der Waals surface area contributed by atoms with E-state index in [1.807, 2.05) is 6.92 Å². The average molecular weight is 321 g/mol. The van der Waals surface area contributed by atoms with Crippen LogP contribution in [0.2, 0.25) is 0 Å². The molecular formula is C11H20IN3. The van der Waals surface area contributed by atoms with Gasteiger partial charge in [-0.25, -0.2) is 4.99 Å². The molecule has 1 aliphatic heterocycles. The maximum Gasteiger partial charge on any atom is 0.125 e. The van der Waals surface area contributed by atoms with Gasteiger partial charge in [0.15, 0.2) is 0 Å². The monoisotopic (exact) mass is 321 g/mol. The predicted octanol–water partition coefficient (Wildman–Crippen LogP) is 2.39. The van der Waals surface area contributed by atoms with Crippen molar-refractivity contribution in [3.05, 3.63) is 11.9 Å². The fourth-order valence-corrected chi connectivity index (χ4v) is 1.82. The molecule has 1 heterocycles. The number of nitrogens with one attached hydrogen (secondary N) is 1. The van der Waals surface area contributed by atoms with Crippen LogP contribution in [-0.4, -0.2) is 34.8 Å². The van der Waals surface area contributed by atoms with Gasteiger partial charge in [0.25, 0.3) is 0 Å². The molecule has 0 aliphatic carbocycles. The number of hydrogen-bond acceptors (Lipinski definition) is 3. The highest BCUT2D eigenvalue weighted by Gasteiger charge is 2.11. The van der Waals surface area contributed by atoms with E-state index >= 15 is 0 Å². The van der Waals surface area contributed by atoms with Crippen LogP contribution in [0.3, 0.4) is 0 Å². The zero-order valence-electron chi connectivity index (χ0n) is 9.59. The first-order chi connectivity index (χ1) is 7.24. The molecule has 86 valence electrons. The van der Waals surface area contributed by atoms with Crippen molar-refractivity contribution in [1.82, 2.24) is 10.2 Å². The standard InChI is InChI=1S/C11H20IN3/c1-3-4-5-11(14-10(2)12)15-8-6-13-7-9-15/h5,13H,3-4,6-9H2,1-2H3/b11-5-,14-10?. The average Bonchev–Trinajstić information content (AvgIpc) is 2.25. The largest absolute Gasteiger partial charge is 0.354 e. The van der Waals surface area contributed by atoms with Gasteiger partial charge in [-0.3, -0.25) is 0 Å². The van der Waals surface area contributed by atoms with E-state index in [2.05, 4.69) is 50.8 Å². The molecule has 4 heteroatoms. The van der Waals surface area contributed by atoms with Gasteiger partial charge in [0.2, 0.25) is 0 Å². The Morgan fingerprint density at radius 3 is 2.67 bits per heavy atom. The van der Waals surface area contributed by atoms with Crippen LogP contribution in [0.15, 0.2) is 16.9 Å². The van der Waals surface area contributed by atoms with Crippen molar-refractivity contribution in [3.8, 4) is 0 Å². The lowest BCUT2D eigenvalue weighted by molar-refractivity contribution is 0.296. The van der Waals surface area contributed by atoms with Crippen molar-refractivity contribution >= 4 is 26.3 Å². The molecule has 0 atom stereocenters. The highest BCUT2D eigenvalue weighted by molar-refractivity contribution is 14.1. The van der Waals surface area contributed by atoms with E-state index in [0.29, 0.717) is 0 Å². The maximum absolute atomic E-state index is 4.60. The molecule has 0 spiro atoms. The Labute approximate surface area is 106 Å². The van der Waals surface area contributed by atoms with Crippen molar-refractivity contribution in [2.75, 3.05) is 26.2 Å². The number of rotatable bonds is 4. The Morgan fingerprint density at radius 1 is 1.47 bits per heavy atom. The lowest BCUT2D eigenvalue weighted by atomic mass is 10.3. The van der Waals surface area contributed by atoms with Crippen LogP contribution in [0, 0.1) is 0 Å². The minimum Gasteiger partial charge on any atom is -0.354 e. The molecular weight excluding hydrogens is 301 g/mol. The highest BCUT2D eigenvalue weighted by atomic mass is 127. The number of hydrogen-bond donors (Lipinski definition) is 1. The Kier molecular flexibility index (Phi) is 6.24. The van der Waals surface area contributed by atoms with E-state index in [1.54, 1.807) is 0 Å². The molecule has 1 N–H and O–H groups in total. The Morgan fingerprint density at radius 2 is 2.13 bits per heavy atom. The summed E-state index contributed by atoms with van der Waals surface area (Å²) in [5, 5.41) is 3.36. The maximum atomic E-state index is 4.60. The molecule has 0 aromatic rings. The Bertz CT molecular complexity index is 238. The molecule has 1 rings (SSSR count). The minimum atomic E-state index is 1.07. The third-order valence-corrected chi connectivity index (χ3v) is 2.57. The van der Waals surface area contributed by atoms with Gasteiger partial charge in [-0.15, -0.1) is 0 Å². The summed E-state index contributed by atoms with van der Waals surface area (Å²) in [6.07, 6.45) is 4.56. The van der Waals surface area contributed by atoms with Crippen LogP contribution in [-0.2, 0) is 0 Å². The van der Waals surface area contributed by atoms with Gasteiger partial charge in [0, 0.05) is 26.2 Å². The molecule has 15 heavy (non-hydrogen) atoms. The number of piperazine rings is 1. The second kappa shape index (κ2) is 7.22. The van der Waals surface area contributed by atoms with E-state index < -0.39 is 0 Å². The first-order valence-electron chi connectivity index (χ1n) is 5.60. The van der Waals surface area contributed by atoms with Crippen LogP contribution in [0.5, 0.6) is 0 Å². The smallest absolute Gasteiger partial charge is 0.125 e. The number of aliphatic imine (C=N–C) groups is 1. The summed E-state index contributed by atoms with van der Waals surface area (Å²) in [5.41, 5.74) is 0. The fourth-order valence-electron chi connectivity index (χ4n) is 1.57. The van der Waals surface area contributed by atoms with Crippen molar-refractivity contribution in [2.24, 2.45) is 4.99 Å². The van der Waals surface area contributed by atoms with Gasteiger partial charge >= 0.3 is 0 Å². The molecule has 0 aromatic heterocycles. The lowest BCUT2D eigenvalue weighted by Gasteiger charge is -2.29. The summed E-state index contributed by atoms with van der Waals surface area (Å²) in [6, 6.07) is 0. The van der Waals surface area contributed by atoms with Gasteiger partial charge in [0.05, 0.1) is 3.72 Å². The van der Waals surface area contributed by atoms with E-state index in [0.717, 1.165) is 42.1 Å². The molecule has 0 amide bonds. The number of nitrogens with zero attached hydrogens (tertiary/aromatic N) is 2. The molecule has 0 saturated carbocycles. The quantitative estimate of drug-likeness (QED) is 0.636. The number of halogens is 1. The van der Waals surface area contributed by atoms with E-state index in [-0.39, 0.29) is 0 Å². The summed E-state index contributed by atoms with van der Waals surface area (Å²) < 4.78 is 1.11. The van der Waals surface area contributed by atoms with Crippen molar-refractivity contribution in [1.29, 1.82) is 0 Å².